The number of hydrazine groups is 1. The molecule has 0 saturated carbocycles. The molecule has 0 spiro atoms. The van der Waals surface area contributed by atoms with Gasteiger partial charge in [-0.05, 0) is 12.0 Å². The van der Waals surface area contributed by atoms with E-state index in [-0.39, 0.29) is 50.7 Å². The van der Waals surface area contributed by atoms with Gasteiger partial charge in [0.25, 0.3) is 0 Å². The van der Waals surface area contributed by atoms with E-state index >= 15 is 0 Å². The van der Waals surface area contributed by atoms with E-state index in [1.807, 2.05) is 37.3 Å². The first kappa shape index (κ1) is 25.1. The largest absolute Gasteiger partial charge is 0.367 e. The number of terminal acetylenes is 2. The molecule has 0 radical (unpaired) electrons. The summed E-state index contributed by atoms with van der Waals surface area (Å²) in [7, 11) is 0. The molecule has 9 heteroatoms. The van der Waals surface area contributed by atoms with Crippen molar-refractivity contribution in [3.63, 3.8) is 0 Å². The Morgan fingerprint density at radius 2 is 1.97 bits per heavy atom. The van der Waals surface area contributed by atoms with E-state index in [1.165, 1.54) is 5.01 Å². The van der Waals surface area contributed by atoms with Crippen molar-refractivity contribution in [2.75, 3.05) is 39.4 Å². The summed E-state index contributed by atoms with van der Waals surface area (Å²) in [6.07, 6.45) is 11.3. The van der Waals surface area contributed by atoms with Gasteiger partial charge in [0.1, 0.15) is 18.8 Å². The van der Waals surface area contributed by atoms with Crippen LogP contribution in [-0.2, 0) is 20.9 Å². The van der Waals surface area contributed by atoms with Gasteiger partial charge in [-0.2, -0.15) is 5.01 Å². The molecule has 2 saturated heterocycles. The molecular weight excluding hydrogens is 434 g/mol. The second kappa shape index (κ2) is 12.1. The first-order chi connectivity index (χ1) is 16.5. The summed E-state index contributed by atoms with van der Waals surface area (Å²) in [5.41, 5.74) is 0.944. The number of amides is 4. The summed E-state index contributed by atoms with van der Waals surface area (Å²) < 4.78 is 5.37. The number of hydrogen-bond acceptors (Lipinski definition) is 5. The summed E-state index contributed by atoms with van der Waals surface area (Å²) in [5, 5.41) is 5.99. The van der Waals surface area contributed by atoms with E-state index in [2.05, 4.69) is 17.2 Å². The van der Waals surface area contributed by atoms with Gasteiger partial charge in [-0.3, -0.25) is 9.59 Å². The van der Waals surface area contributed by atoms with E-state index in [0.717, 1.165) is 5.56 Å². The molecule has 9 nitrogen and oxygen atoms in total. The highest BCUT2D eigenvalue weighted by Crippen LogP contribution is 2.28. The molecule has 0 bridgehead atoms. The molecule has 180 valence electrons. The molecule has 1 aromatic rings. The van der Waals surface area contributed by atoms with Crippen LogP contribution in [0, 0.1) is 24.7 Å². The van der Waals surface area contributed by atoms with Crippen molar-refractivity contribution < 1.29 is 19.1 Å². The second-order valence-electron chi connectivity index (χ2n) is 8.14. The topological polar surface area (TPSA) is 85.4 Å². The predicted octanol–water partition coefficient (Wildman–Crippen LogP) is 0.877. The van der Waals surface area contributed by atoms with Crippen molar-refractivity contribution in [2.45, 2.75) is 38.5 Å². The Hall–Kier alpha value is -3.53. The molecule has 1 aromatic carbocycles. The van der Waals surface area contributed by atoms with Gasteiger partial charge < -0.3 is 19.9 Å². The van der Waals surface area contributed by atoms with Gasteiger partial charge >= 0.3 is 6.03 Å². The van der Waals surface area contributed by atoms with E-state index < -0.39 is 12.2 Å². The first-order valence-corrected chi connectivity index (χ1v) is 11.4. The van der Waals surface area contributed by atoms with Gasteiger partial charge in [-0.1, -0.05) is 55.5 Å². The number of urea groups is 1. The SMILES string of the molecule is C#CCOCCN1C[C@H]2N(C(=O)CN(CC#C)N2C(=O)NCc2ccccc2)[C@@H](CCC)C1=O. The van der Waals surface area contributed by atoms with Crippen LogP contribution in [0.1, 0.15) is 25.3 Å². The number of piperazine rings is 1. The third-order valence-corrected chi connectivity index (χ3v) is 5.85. The fourth-order valence-electron chi connectivity index (χ4n) is 4.35. The van der Waals surface area contributed by atoms with Gasteiger partial charge in [0.05, 0.1) is 26.2 Å². The molecule has 2 heterocycles. The van der Waals surface area contributed by atoms with Crippen molar-refractivity contribution in [1.82, 2.24) is 25.1 Å². The molecule has 2 aliphatic rings. The summed E-state index contributed by atoms with van der Waals surface area (Å²) in [6, 6.07) is 8.50. The maximum absolute atomic E-state index is 13.4. The van der Waals surface area contributed by atoms with Crippen LogP contribution in [0.25, 0.3) is 0 Å². The summed E-state index contributed by atoms with van der Waals surface area (Å²) >= 11 is 0. The molecule has 34 heavy (non-hydrogen) atoms. The van der Waals surface area contributed by atoms with Gasteiger partial charge in [-0.15, -0.1) is 12.8 Å². The minimum Gasteiger partial charge on any atom is -0.367 e. The van der Waals surface area contributed by atoms with Crippen LogP contribution < -0.4 is 5.32 Å². The highest BCUT2D eigenvalue weighted by Gasteiger charge is 2.50. The fraction of sp³-hybridized carbons (Fsp3) is 0.480. The van der Waals surface area contributed by atoms with Crippen LogP contribution in [0.15, 0.2) is 30.3 Å². The Bertz CT molecular complexity index is 954. The Morgan fingerprint density at radius 1 is 1.21 bits per heavy atom. The summed E-state index contributed by atoms with van der Waals surface area (Å²) in [5.74, 6) is 4.56. The molecule has 2 aliphatic heterocycles. The van der Waals surface area contributed by atoms with E-state index in [1.54, 1.807) is 14.8 Å². The van der Waals surface area contributed by atoms with E-state index in [9.17, 15) is 14.4 Å². The number of rotatable bonds is 9. The average molecular weight is 466 g/mol. The highest BCUT2D eigenvalue weighted by molar-refractivity contribution is 5.91. The van der Waals surface area contributed by atoms with Crippen molar-refractivity contribution in [1.29, 1.82) is 0 Å². The van der Waals surface area contributed by atoms with Crippen molar-refractivity contribution in [3.8, 4) is 24.7 Å². The van der Waals surface area contributed by atoms with Gasteiger partial charge in [0, 0.05) is 13.1 Å². The zero-order valence-electron chi connectivity index (χ0n) is 19.5. The average Bonchev–Trinajstić information content (AvgIpc) is 2.83. The number of benzene rings is 1. The molecule has 0 unspecified atom stereocenters. The molecule has 2 fully saturated rings. The lowest BCUT2D eigenvalue weighted by atomic mass is 10.0. The zero-order valence-corrected chi connectivity index (χ0v) is 19.5. The van der Waals surface area contributed by atoms with Crippen molar-refractivity contribution in [2.24, 2.45) is 0 Å². The van der Waals surface area contributed by atoms with Crippen LogP contribution in [0.5, 0.6) is 0 Å². The number of nitrogens with zero attached hydrogens (tertiary/aromatic N) is 4. The van der Waals surface area contributed by atoms with Crippen molar-refractivity contribution >= 4 is 17.8 Å². The van der Waals surface area contributed by atoms with Crippen LogP contribution in [0.3, 0.4) is 0 Å². The lowest BCUT2D eigenvalue weighted by Gasteiger charge is -2.54. The number of nitrogens with one attached hydrogen (secondary N) is 1. The Balaban J connectivity index is 1.86. The van der Waals surface area contributed by atoms with Crippen LogP contribution >= 0.6 is 0 Å². The quantitative estimate of drug-likeness (QED) is 0.432. The maximum Gasteiger partial charge on any atom is 0.334 e. The fourth-order valence-corrected chi connectivity index (χ4v) is 4.35. The highest BCUT2D eigenvalue weighted by atomic mass is 16.5. The lowest BCUT2D eigenvalue weighted by molar-refractivity contribution is -0.189. The standard InChI is InChI=1S/C25H31N5O4/c1-4-10-21-24(32)27(14-16-34-15-6-3)18-22-29(21)23(31)19-28(13-5-2)30(22)25(33)26-17-20-11-8-7-9-12-20/h2-3,7-9,11-12,21-22H,4,10,13-19H2,1H3,(H,26,33)/t21-,22-/m0/s1. The van der Waals surface area contributed by atoms with Gasteiger partial charge in [-0.25, -0.2) is 9.80 Å². The number of fused-ring (bicyclic) bond motifs is 1. The molecular formula is C25H31N5O4. The smallest absolute Gasteiger partial charge is 0.334 e. The van der Waals surface area contributed by atoms with Crippen LogP contribution in [-0.4, -0.2) is 89.3 Å². The Morgan fingerprint density at radius 3 is 2.65 bits per heavy atom. The predicted molar refractivity (Wildman–Crippen MR) is 126 cm³/mol. The third-order valence-electron chi connectivity index (χ3n) is 5.85. The summed E-state index contributed by atoms with van der Waals surface area (Å²) in [4.78, 5) is 43.0. The van der Waals surface area contributed by atoms with Crippen LogP contribution in [0.4, 0.5) is 4.79 Å². The molecule has 2 atom stereocenters. The monoisotopic (exact) mass is 465 g/mol. The molecule has 1 N–H and O–H groups in total. The van der Waals surface area contributed by atoms with Gasteiger partial charge in [0.2, 0.25) is 11.8 Å². The summed E-state index contributed by atoms with van der Waals surface area (Å²) in [6.45, 7) is 3.19. The normalized spacial score (nSPS) is 20.5. The van der Waals surface area contributed by atoms with Gasteiger partial charge in [0.15, 0.2) is 0 Å². The first-order valence-electron chi connectivity index (χ1n) is 11.4. The van der Waals surface area contributed by atoms with E-state index in [4.69, 9.17) is 17.6 Å². The van der Waals surface area contributed by atoms with E-state index in [0.29, 0.717) is 25.9 Å². The third kappa shape index (κ3) is 5.69. The second-order valence-corrected chi connectivity index (χ2v) is 8.14. The van der Waals surface area contributed by atoms with Crippen molar-refractivity contribution in [3.05, 3.63) is 35.9 Å². The molecule has 4 amide bonds. The minimum atomic E-state index is -0.674. The number of carbonyl (C=O) groups excluding carboxylic acids is 3. The number of ether oxygens (including phenoxy) is 1. The molecule has 3 rings (SSSR count). The molecule has 0 aromatic heterocycles. The maximum atomic E-state index is 13.4. The zero-order chi connectivity index (χ0) is 24.5. The Kier molecular flexibility index (Phi) is 8.92. The number of carbonyl (C=O) groups is 3. The Labute approximate surface area is 201 Å². The molecule has 0 aliphatic carbocycles. The lowest BCUT2D eigenvalue weighted by Crippen LogP contribution is -2.76. The van der Waals surface area contributed by atoms with Crippen LogP contribution in [0.2, 0.25) is 0 Å². The minimum absolute atomic E-state index is 0.0712. The number of hydrogen-bond donors (Lipinski definition) is 1.